The maximum Gasteiger partial charge on any atom is 0.189 e. The highest BCUT2D eigenvalue weighted by atomic mass is 32.1. The summed E-state index contributed by atoms with van der Waals surface area (Å²) in [4.78, 5) is 0. The highest BCUT2D eigenvalue weighted by molar-refractivity contribution is 7.80. The van der Waals surface area contributed by atoms with Crippen molar-refractivity contribution < 1.29 is 4.43 Å². The lowest BCUT2D eigenvalue weighted by Crippen LogP contribution is -2.34. The lowest BCUT2D eigenvalue weighted by Gasteiger charge is -2.26. The quantitative estimate of drug-likeness (QED) is 0.488. The first-order valence-corrected chi connectivity index (χ1v) is 9.13. The van der Waals surface area contributed by atoms with Crippen LogP contribution in [0.4, 0.5) is 0 Å². The normalized spacial score (nSPS) is 12.0. The van der Waals surface area contributed by atoms with Gasteiger partial charge in [-0.1, -0.05) is 0 Å². The van der Waals surface area contributed by atoms with Crippen molar-refractivity contribution >= 4 is 33.6 Å². The van der Waals surface area contributed by atoms with Crippen molar-refractivity contribution in [2.45, 2.75) is 38.4 Å². The van der Waals surface area contributed by atoms with E-state index in [1.54, 1.807) is 0 Å². The van der Waals surface area contributed by atoms with Crippen LogP contribution in [-0.2, 0) is 4.43 Å². The van der Waals surface area contributed by atoms with Crippen LogP contribution in [0.1, 0.15) is 19.8 Å². The van der Waals surface area contributed by atoms with Crippen LogP contribution in [0.5, 0.6) is 0 Å². The molecule has 4 heteroatoms. The average Bonchev–Trinajstić information content (AvgIpc) is 2.12. The van der Waals surface area contributed by atoms with Crippen molar-refractivity contribution in [3.05, 3.63) is 0 Å². The fourth-order valence-electron chi connectivity index (χ4n) is 1.52. The van der Waals surface area contributed by atoms with Gasteiger partial charge in [-0.15, -0.1) is 0 Å². The summed E-state index contributed by atoms with van der Waals surface area (Å²) in [5.74, 6) is 1.97. The third kappa shape index (κ3) is 6.88. The van der Waals surface area contributed by atoms with Crippen molar-refractivity contribution in [2.75, 3.05) is 18.1 Å². The zero-order chi connectivity index (χ0) is 10.2. The lowest BCUT2D eigenvalue weighted by molar-refractivity contribution is 0.322. The van der Waals surface area contributed by atoms with Gasteiger partial charge >= 0.3 is 0 Å². The van der Waals surface area contributed by atoms with Gasteiger partial charge in [-0.25, -0.2) is 0 Å². The molecular weight excluding hydrogens is 216 g/mol. The minimum absolute atomic E-state index is 0.863. The van der Waals surface area contributed by atoms with E-state index in [9.17, 15) is 0 Å². The van der Waals surface area contributed by atoms with Crippen LogP contribution in [-0.4, -0.2) is 26.4 Å². The molecule has 0 aromatic carbocycles. The first kappa shape index (κ1) is 13.9. The molecule has 1 nitrogen and oxygen atoms in total. The molecular formula is C9H22OS2Si. The molecule has 0 aliphatic rings. The molecule has 0 atom stereocenters. The molecule has 13 heavy (non-hydrogen) atoms. The van der Waals surface area contributed by atoms with Crippen LogP contribution in [0.25, 0.3) is 0 Å². The molecule has 0 aliphatic carbocycles. The van der Waals surface area contributed by atoms with Gasteiger partial charge in [0.2, 0.25) is 0 Å². The first-order chi connectivity index (χ1) is 6.18. The zero-order valence-corrected chi connectivity index (χ0v) is 11.5. The minimum Gasteiger partial charge on any atom is -0.417 e. The highest BCUT2D eigenvalue weighted by Crippen LogP contribution is 2.21. The zero-order valence-electron chi connectivity index (χ0n) is 8.75. The van der Waals surface area contributed by atoms with Crippen LogP contribution in [0.3, 0.4) is 0 Å². The maximum atomic E-state index is 5.90. The Morgan fingerprint density at radius 2 is 1.54 bits per heavy atom. The summed E-state index contributed by atoms with van der Waals surface area (Å²) in [7, 11) is -1.39. The van der Waals surface area contributed by atoms with Gasteiger partial charge in [0.1, 0.15) is 0 Å². The van der Waals surface area contributed by atoms with E-state index < -0.39 is 8.32 Å². The molecule has 0 rings (SSSR count). The van der Waals surface area contributed by atoms with E-state index in [0.717, 1.165) is 18.1 Å². The van der Waals surface area contributed by atoms with Gasteiger partial charge < -0.3 is 4.43 Å². The van der Waals surface area contributed by atoms with Crippen molar-refractivity contribution in [2.24, 2.45) is 0 Å². The second-order valence-electron chi connectivity index (χ2n) is 3.54. The Balaban J connectivity index is 3.84. The Morgan fingerprint density at radius 3 is 1.85 bits per heavy atom. The van der Waals surface area contributed by atoms with Gasteiger partial charge in [0.15, 0.2) is 8.32 Å². The summed E-state index contributed by atoms with van der Waals surface area (Å²) < 4.78 is 5.90. The van der Waals surface area contributed by atoms with Crippen molar-refractivity contribution in [1.29, 1.82) is 0 Å². The van der Waals surface area contributed by atoms with E-state index in [4.69, 9.17) is 4.43 Å². The van der Waals surface area contributed by atoms with Crippen LogP contribution in [0.15, 0.2) is 0 Å². The van der Waals surface area contributed by atoms with E-state index in [0.29, 0.717) is 0 Å². The predicted molar refractivity (Wildman–Crippen MR) is 69.8 cm³/mol. The second kappa shape index (κ2) is 8.21. The smallest absolute Gasteiger partial charge is 0.189 e. The molecule has 0 heterocycles. The first-order valence-electron chi connectivity index (χ1n) is 5.04. The molecule has 0 aromatic rings. The maximum absolute atomic E-state index is 5.90. The number of hydrogen-bond donors (Lipinski definition) is 2. The topological polar surface area (TPSA) is 9.23 Å². The molecule has 0 aliphatic heterocycles. The molecule has 0 N–H and O–H groups in total. The van der Waals surface area contributed by atoms with Gasteiger partial charge in [-0.3, -0.25) is 0 Å². The molecule has 0 saturated heterocycles. The molecule has 0 unspecified atom stereocenters. The van der Waals surface area contributed by atoms with Crippen LogP contribution in [0.2, 0.25) is 18.6 Å². The number of thiol groups is 2. The van der Waals surface area contributed by atoms with E-state index >= 15 is 0 Å². The number of rotatable bonds is 8. The molecule has 0 amide bonds. The van der Waals surface area contributed by atoms with Crippen molar-refractivity contribution in [3.8, 4) is 0 Å². The molecule has 0 saturated carbocycles. The average molecular weight is 238 g/mol. The van der Waals surface area contributed by atoms with Gasteiger partial charge in [0, 0.05) is 6.61 Å². The minimum atomic E-state index is -1.39. The summed E-state index contributed by atoms with van der Waals surface area (Å²) in [5.41, 5.74) is 0. The van der Waals surface area contributed by atoms with Gasteiger partial charge in [0.05, 0.1) is 0 Å². The lowest BCUT2D eigenvalue weighted by atomic mass is 10.6. The monoisotopic (exact) mass is 238 g/mol. The Morgan fingerprint density at radius 1 is 1.08 bits per heavy atom. The second-order valence-corrected chi connectivity index (χ2v) is 8.62. The predicted octanol–water partition coefficient (Wildman–Crippen LogP) is 3.24. The molecule has 0 aromatic heterocycles. The summed E-state index contributed by atoms with van der Waals surface area (Å²) in [6, 6.07) is 2.50. The Bertz CT molecular complexity index is 114. The van der Waals surface area contributed by atoms with E-state index in [1.807, 2.05) is 0 Å². The van der Waals surface area contributed by atoms with Gasteiger partial charge in [0.25, 0.3) is 0 Å². The van der Waals surface area contributed by atoms with Crippen LogP contribution in [0, 0.1) is 0 Å². The summed E-state index contributed by atoms with van der Waals surface area (Å²) in [6.45, 7) is 5.29. The van der Waals surface area contributed by atoms with E-state index in [-0.39, 0.29) is 0 Å². The Kier molecular flexibility index (Phi) is 8.76. The highest BCUT2D eigenvalue weighted by Gasteiger charge is 2.26. The Labute approximate surface area is 94.6 Å². The van der Waals surface area contributed by atoms with E-state index in [1.165, 1.54) is 24.9 Å². The Hall–Kier alpha value is 0.877. The van der Waals surface area contributed by atoms with Crippen LogP contribution < -0.4 is 0 Å². The third-order valence-corrected chi connectivity index (χ3v) is 6.66. The fourth-order valence-corrected chi connectivity index (χ4v) is 5.52. The van der Waals surface area contributed by atoms with Crippen molar-refractivity contribution in [1.82, 2.24) is 0 Å². The summed E-state index contributed by atoms with van der Waals surface area (Å²) >= 11 is 8.49. The largest absolute Gasteiger partial charge is 0.417 e. The van der Waals surface area contributed by atoms with Gasteiger partial charge in [-0.05, 0) is 49.9 Å². The number of hydrogen-bond acceptors (Lipinski definition) is 3. The van der Waals surface area contributed by atoms with Gasteiger partial charge in [-0.2, -0.15) is 25.3 Å². The molecule has 80 valence electrons. The molecule has 0 bridgehead atoms. The summed E-state index contributed by atoms with van der Waals surface area (Å²) in [6.07, 6.45) is 2.39. The molecule has 0 fully saturated rings. The summed E-state index contributed by atoms with van der Waals surface area (Å²) in [5, 5.41) is 0. The molecule has 0 spiro atoms. The third-order valence-electron chi connectivity index (χ3n) is 2.22. The van der Waals surface area contributed by atoms with Crippen molar-refractivity contribution in [3.63, 3.8) is 0 Å². The van der Waals surface area contributed by atoms with E-state index in [2.05, 4.69) is 38.7 Å². The SMILES string of the molecule is CCO[Si](C)(CCCS)CCCS. The fraction of sp³-hybridized carbons (Fsp3) is 1.00. The standard InChI is InChI=1S/C9H22OS2Si/c1-3-10-13(2,8-4-6-11)9-5-7-12/h11-12H,3-9H2,1-2H3. The van der Waals surface area contributed by atoms with Crippen LogP contribution >= 0.6 is 25.3 Å². The molecule has 0 radical (unpaired) electrons.